The van der Waals surface area contributed by atoms with Crippen LogP contribution in [0.4, 0.5) is 5.13 Å². The van der Waals surface area contributed by atoms with Gasteiger partial charge in [-0.25, -0.2) is 9.59 Å². The van der Waals surface area contributed by atoms with Gasteiger partial charge in [-0.05, 0) is 20.8 Å². The van der Waals surface area contributed by atoms with Gasteiger partial charge in [0.25, 0.3) is 0 Å². The number of hydrogen-bond acceptors (Lipinski definition) is 9. The fourth-order valence-corrected chi connectivity index (χ4v) is 1.85. The number of carboxylic acid groups (broad SMARTS) is 1. The molecule has 0 amide bonds. The number of aromatic nitrogens is 2. The monoisotopic (exact) mass is 344 g/mol. The van der Waals surface area contributed by atoms with Crippen LogP contribution in [-0.2, 0) is 19.2 Å². The summed E-state index contributed by atoms with van der Waals surface area (Å²) in [5, 5.41) is 12.8. The molecule has 9 nitrogen and oxygen atoms in total. The van der Waals surface area contributed by atoms with Crippen molar-refractivity contribution in [3.8, 4) is 0 Å². The lowest BCUT2D eigenvalue weighted by molar-refractivity contribution is -0.171. The van der Waals surface area contributed by atoms with Gasteiger partial charge in [0.15, 0.2) is 5.13 Å². The van der Waals surface area contributed by atoms with Crippen molar-refractivity contribution in [2.45, 2.75) is 46.3 Å². The molecule has 1 aromatic heterocycles. The molecule has 128 valence electrons. The van der Waals surface area contributed by atoms with Crippen LogP contribution >= 0.6 is 11.5 Å². The van der Waals surface area contributed by atoms with Gasteiger partial charge in [0, 0.05) is 17.5 Å². The normalized spacial score (nSPS) is 13.7. The third-order valence-corrected chi connectivity index (χ3v) is 2.90. The van der Waals surface area contributed by atoms with Gasteiger partial charge >= 0.3 is 11.9 Å². The highest BCUT2D eigenvalue weighted by molar-refractivity contribution is 7.09. The zero-order chi connectivity index (χ0) is 17.8. The van der Waals surface area contributed by atoms with E-state index in [2.05, 4.69) is 14.5 Å². The van der Waals surface area contributed by atoms with Crippen LogP contribution in [0.1, 0.15) is 40.4 Å². The smallest absolute Gasteiger partial charge is 0.362 e. The highest BCUT2D eigenvalue weighted by Crippen LogP contribution is 2.16. The second-order valence-electron chi connectivity index (χ2n) is 6.00. The van der Waals surface area contributed by atoms with Gasteiger partial charge < -0.3 is 20.4 Å². The highest BCUT2D eigenvalue weighted by atomic mass is 32.1. The van der Waals surface area contributed by atoms with Gasteiger partial charge in [0.1, 0.15) is 5.60 Å². The van der Waals surface area contributed by atoms with E-state index in [1.165, 1.54) is 0 Å². The van der Waals surface area contributed by atoms with Crippen molar-refractivity contribution in [2.24, 2.45) is 11.1 Å². The van der Waals surface area contributed by atoms with Crippen molar-refractivity contribution in [2.75, 3.05) is 5.73 Å². The third kappa shape index (κ3) is 5.81. The molecule has 10 heteroatoms. The van der Waals surface area contributed by atoms with E-state index >= 15 is 0 Å². The molecule has 0 spiro atoms. The average molecular weight is 344 g/mol. The molecule has 1 rings (SSSR count). The zero-order valence-corrected chi connectivity index (χ0v) is 14.4. The predicted molar refractivity (Wildman–Crippen MR) is 84.1 cm³/mol. The summed E-state index contributed by atoms with van der Waals surface area (Å²) in [5.41, 5.74) is 4.19. The minimum atomic E-state index is -1.39. The topological polar surface area (TPSA) is 137 Å². The number of anilines is 1. The van der Waals surface area contributed by atoms with Gasteiger partial charge in [0.05, 0.1) is 0 Å². The number of nitrogens with two attached hydrogens (primary N) is 1. The first-order chi connectivity index (χ1) is 10.5. The Bertz CT molecular complexity index is 606. The first kappa shape index (κ1) is 18.8. The molecule has 0 saturated carbocycles. The molecule has 3 N–H and O–H groups in total. The summed E-state index contributed by atoms with van der Waals surface area (Å²) in [6.07, 6.45) is -1.06. The van der Waals surface area contributed by atoms with Crippen LogP contribution in [0, 0.1) is 5.92 Å². The van der Waals surface area contributed by atoms with E-state index in [1.807, 2.05) is 0 Å². The van der Waals surface area contributed by atoms with E-state index < -0.39 is 29.4 Å². The van der Waals surface area contributed by atoms with Crippen LogP contribution in [0.2, 0.25) is 0 Å². The van der Waals surface area contributed by atoms with E-state index in [1.54, 1.807) is 34.6 Å². The first-order valence-corrected chi connectivity index (χ1v) is 7.58. The Labute approximate surface area is 137 Å². The molecule has 1 unspecified atom stereocenters. The molecule has 0 saturated heterocycles. The summed E-state index contributed by atoms with van der Waals surface area (Å²) in [6, 6.07) is 0. The fourth-order valence-electron chi connectivity index (χ4n) is 1.41. The lowest BCUT2D eigenvalue weighted by atomic mass is 10.1. The summed E-state index contributed by atoms with van der Waals surface area (Å²) in [5.74, 6) is -2.48. The minimum absolute atomic E-state index is 0.0986. The lowest BCUT2D eigenvalue weighted by Crippen LogP contribution is -2.36. The number of carboxylic acids is 1. The van der Waals surface area contributed by atoms with Gasteiger partial charge in [-0.15, -0.1) is 0 Å². The number of ether oxygens (including phenoxy) is 1. The molecule has 1 aromatic rings. The van der Waals surface area contributed by atoms with Gasteiger partial charge in [-0.1, -0.05) is 19.0 Å². The number of aliphatic carboxylic acids is 1. The summed E-state index contributed by atoms with van der Waals surface area (Å²) in [6.45, 7) is 8.61. The van der Waals surface area contributed by atoms with Crippen LogP contribution in [0.25, 0.3) is 0 Å². The van der Waals surface area contributed by atoms with Crippen LogP contribution in [0.5, 0.6) is 0 Å². The van der Waals surface area contributed by atoms with E-state index in [0.717, 1.165) is 11.5 Å². The molecular weight excluding hydrogens is 324 g/mol. The Morgan fingerprint density at radius 3 is 2.35 bits per heavy atom. The average Bonchev–Trinajstić information content (AvgIpc) is 2.77. The third-order valence-electron chi connectivity index (χ3n) is 2.36. The molecule has 0 aliphatic heterocycles. The van der Waals surface area contributed by atoms with Crippen molar-refractivity contribution in [1.29, 1.82) is 0 Å². The maximum absolute atomic E-state index is 12.1. The lowest BCUT2D eigenvalue weighted by Gasteiger charge is -2.24. The zero-order valence-electron chi connectivity index (χ0n) is 13.6. The molecule has 0 aliphatic carbocycles. The second-order valence-corrected chi connectivity index (χ2v) is 6.79. The van der Waals surface area contributed by atoms with E-state index in [9.17, 15) is 9.59 Å². The van der Waals surface area contributed by atoms with Crippen molar-refractivity contribution < 1.29 is 24.3 Å². The minimum Gasteiger partial charge on any atom is -0.476 e. The van der Waals surface area contributed by atoms with Crippen LogP contribution in [0.15, 0.2) is 5.16 Å². The first-order valence-electron chi connectivity index (χ1n) is 6.80. The summed E-state index contributed by atoms with van der Waals surface area (Å²) in [7, 11) is 0. The summed E-state index contributed by atoms with van der Waals surface area (Å²) >= 11 is 0.830. The van der Waals surface area contributed by atoms with Crippen molar-refractivity contribution in [1.82, 2.24) is 9.36 Å². The quantitative estimate of drug-likeness (QED) is 0.447. The standard InChI is InChI=1S/C13H20N4O5S/c1-6(2)8(11(20)21-13(3,4)5)22-16-7(10(18)19)9-15-12(14)23-17-9/h6,8H,1-5H3,(H,18,19)(H2,14,15,17)/b16-7-. The van der Waals surface area contributed by atoms with E-state index in [0.29, 0.717) is 0 Å². The Balaban J connectivity index is 2.98. The van der Waals surface area contributed by atoms with Gasteiger partial charge in [-0.3, -0.25) is 0 Å². The molecule has 0 aromatic carbocycles. The molecular formula is C13H20N4O5S. The van der Waals surface area contributed by atoms with Crippen LogP contribution in [-0.4, -0.2) is 43.8 Å². The number of carbonyl (C=O) groups excluding carboxylic acids is 1. The summed E-state index contributed by atoms with van der Waals surface area (Å²) in [4.78, 5) is 32.2. The second kappa shape index (κ2) is 7.36. The van der Waals surface area contributed by atoms with Crippen molar-refractivity contribution in [3.63, 3.8) is 0 Å². The van der Waals surface area contributed by atoms with Crippen molar-refractivity contribution >= 4 is 34.3 Å². The maximum atomic E-state index is 12.1. The SMILES string of the molecule is CC(C)C(O/N=C(\C(=O)O)c1nsc(N)n1)C(=O)OC(C)(C)C. The number of esters is 1. The number of hydrogen-bond donors (Lipinski definition) is 2. The van der Waals surface area contributed by atoms with Gasteiger partial charge in [-0.2, -0.15) is 9.36 Å². The van der Waals surface area contributed by atoms with E-state index in [-0.39, 0.29) is 16.9 Å². The number of rotatable bonds is 6. The molecule has 0 radical (unpaired) electrons. The molecule has 1 atom stereocenters. The number of nitrogens with zero attached hydrogens (tertiary/aromatic N) is 3. The molecule has 1 heterocycles. The van der Waals surface area contributed by atoms with Crippen LogP contribution < -0.4 is 5.73 Å². The van der Waals surface area contributed by atoms with E-state index in [4.69, 9.17) is 20.4 Å². The predicted octanol–water partition coefficient (Wildman–Crippen LogP) is 1.29. The number of oxime groups is 1. The van der Waals surface area contributed by atoms with Crippen molar-refractivity contribution in [3.05, 3.63) is 5.82 Å². The molecule has 0 fully saturated rings. The highest BCUT2D eigenvalue weighted by Gasteiger charge is 2.31. The Morgan fingerprint density at radius 1 is 1.35 bits per heavy atom. The Morgan fingerprint density at radius 2 is 1.96 bits per heavy atom. The largest absolute Gasteiger partial charge is 0.476 e. The molecule has 23 heavy (non-hydrogen) atoms. The van der Waals surface area contributed by atoms with Crippen LogP contribution in [0.3, 0.4) is 0 Å². The Hall–Kier alpha value is -2.23. The maximum Gasteiger partial charge on any atom is 0.362 e. The summed E-state index contributed by atoms with van der Waals surface area (Å²) < 4.78 is 9.00. The molecule has 0 aliphatic rings. The van der Waals surface area contributed by atoms with Gasteiger partial charge in [0.2, 0.25) is 17.6 Å². The molecule has 0 bridgehead atoms. The number of nitrogen functional groups attached to an aromatic ring is 1. The fraction of sp³-hybridized carbons (Fsp3) is 0.615. The number of carbonyl (C=O) groups is 2. The Kier molecular flexibility index (Phi) is 6.02.